The van der Waals surface area contributed by atoms with Crippen LogP contribution < -0.4 is 4.80 Å². The van der Waals surface area contributed by atoms with Gasteiger partial charge >= 0.3 is 5.97 Å². The first-order valence-electron chi connectivity index (χ1n) is 10.1. The average Bonchev–Trinajstić information content (AvgIpc) is 3.24. The fraction of sp³-hybridized carbons (Fsp3) is 0.208. The summed E-state index contributed by atoms with van der Waals surface area (Å²) in [6, 6.07) is 17.7. The lowest BCUT2D eigenvalue weighted by Crippen LogP contribution is -2.08. The normalized spacial score (nSPS) is 12.2. The van der Waals surface area contributed by atoms with E-state index in [9.17, 15) is 4.79 Å². The van der Waals surface area contributed by atoms with Crippen LogP contribution in [0.5, 0.6) is 0 Å². The Balaban J connectivity index is 1.62. The van der Waals surface area contributed by atoms with Crippen LogP contribution in [0, 0.1) is 13.8 Å². The zero-order valence-corrected chi connectivity index (χ0v) is 18.8. The minimum absolute atomic E-state index is 0.307. The molecule has 4 aromatic rings. The van der Waals surface area contributed by atoms with Gasteiger partial charge in [0.25, 0.3) is 0 Å². The Hall–Kier alpha value is -3.45. The van der Waals surface area contributed by atoms with E-state index in [0.29, 0.717) is 12.2 Å². The molecule has 6 nitrogen and oxygen atoms in total. The van der Waals surface area contributed by atoms with Gasteiger partial charge in [0, 0.05) is 29.7 Å². The van der Waals surface area contributed by atoms with Crippen LogP contribution in [0.25, 0.3) is 15.9 Å². The van der Waals surface area contributed by atoms with E-state index in [2.05, 4.69) is 33.0 Å². The molecule has 7 heteroatoms. The second-order valence-electron chi connectivity index (χ2n) is 7.19. The molecule has 31 heavy (non-hydrogen) atoms. The standard InChI is InChI=1S/C24H24N4O2S/c1-5-30-23(29)18-10-12-20(13-11-18)28-16(2)14-19(17(28)3)15-25-26-24-27(4)21-8-6-7-9-22(21)31-24/h6-15H,5H2,1-4H3/b25-15-,26-24-. The van der Waals surface area contributed by atoms with E-state index in [1.807, 2.05) is 49.7 Å². The number of carbonyl (C=O) groups is 1. The first-order chi connectivity index (χ1) is 15.0. The second kappa shape index (κ2) is 8.73. The highest BCUT2D eigenvalue weighted by Gasteiger charge is 2.11. The highest BCUT2D eigenvalue weighted by molar-refractivity contribution is 7.16. The molecule has 0 amide bonds. The molecule has 158 valence electrons. The number of benzene rings is 2. The largest absolute Gasteiger partial charge is 0.462 e. The maximum atomic E-state index is 11.9. The Morgan fingerprint density at radius 2 is 1.87 bits per heavy atom. The fourth-order valence-electron chi connectivity index (χ4n) is 3.60. The molecule has 0 aliphatic carbocycles. The third-order valence-corrected chi connectivity index (χ3v) is 6.27. The van der Waals surface area contributed by atoms with E-state index >= 15 is 0 Å². The molecule has 0 unspecified atom stereocenters. The molecule has 0 aliphatic heterocycles. The fourth-order valence-corrected chi connectivity index (χ4v) is 4.57. The van der Waals surface area contributed by atoms with Crippen LogP contribution in [0.2, 0.25) is 0 Å². The van der Waals surface area contributed by atoms with E-state index in [4.69, 9.17) is 4.74 Å². The van der Waals surface area contributed by atoms with Crippen molar-refractivity contribution in [2.75, 3.05) is 6.61 Å². The topological polar surface area (TPSA) is 60.9 Å². The van der Waals surface area contributed by atoms with Gasteiger partial charge in [-0.05, 0) is 63.2 Å². The molecule has 4 rings (SSSR count). The number of ether oxygens (including phenoxy) is 1. The molecule has 0 spiro atoms. The average molecular weight is 433 g/mol. The third kappa shape index (κ3) is 4.09. The molecular weight excluding hydrogens is 408 g/mol. The maximum Gasteiger partial charge on any atom is 0.338 e. The van der Waals surface area contributed by atoms with Gasteiger partial charge in [-0.2, -0.15) is 5.10 Å². The number of para-hydroxylation sites is 1. The zero-order chi connectivity index (χ0) is 22.0. The van der Waals surface area contributed by atoms with Crippen LogP contribution in [-0.2, 0) is 11.8 Å². The first kappa shape index (κ1) is 20.8. The summed E-state index contributed by atoms with van der Waals surface area (Å²) in [7, 11) is 2.00. The molecule has 2 aromatic heterocycles. The molecular formula is C24H24N4O2S. The van der Waals surface area contributed by atoms with Crippen molar-refractivity contribution in [2.24, 2.45) is 17.3 Å². The van der Waals surface area contributed by atoms with Crippen molar-refractivity contribution in [3.8, 4) is 5.69 Å². The molecule has 0 atom stereocenters. The van der Waals surface area contributed by atoms with Crippen LogP contribution >= 0.6 is 11.3 Å². The van der Waals surface area contributed by atoms with Crippen molar-refractivity contribution in [1.82, 2.24) is 9.13 Å². The van der Waals surface area contributed by atoms with Gasteiger partial charge in [0.2, 0.25) is 4.80 Å². The molecule has 0 fully saturated rings. The number of fused-ring (bicyclic) bond motifs is 1. The Morgan fingerprint density at radius 3 is 2.58 bits per heavy atom. The summed E-state index contributed by atoms with van der Waals surface area (Å²) >= 11 is 1.62. The quantitative estimate of drug-likeness (QED) is 0.259. The monoisotopic (exact) mass is 432 g/mol. The van der Waals surface area contributed by atoms with Crippen LogP contribution in [0.1, 0.15) is 34.2 Å². The van der Waals surface area contributed by atoms with E-state index < -0.39 is 0 Å². The van der Waals surface area contributed by atoms with E-state index in [1.54, 1.807) is 36.6 Å². The van der Waals surface area contributed by atoms with Gasteiger partial charge in [0.15, 0.2) is 0 Å². The lowest BCUT2D eigenvalue weighted by Gasteiger charge is -2.10. The number of carbonyl (C=O) groups excluding carboxylic acids is 1. The maximum absolute atomic E-state index is 11.9. The Kier molecular flexibility index (Phi) is 5.86. The second-order valence-corrected chi connectivity index (χ2v) is 8.19. The number of hydrogen-bond acceptors (Lipinski definition) is 5. The number of esters is 1. The lowest BCUT2D eigenvalue weighted by atomic mass is 10.2. The van der Waals surface area contributed by atoms with Gasteiger partial charge < -0.3 is 13.9 Å². The Bertz CT molecular complexity index is 1340. The predicted molar refractivity (Wildman–Crippen MR) is 125 cm³/mol. The van der Waals surface area contributed by atoms with Gasteiger partial charge in [0.05, 0.1) is 28.6 Å². The van der Waals surface area contributed by atoms with Gasteiger partial charge in [-0.1, -0.05) is 23.5 Å². The van der Waals surface area contributed by atoms with Crippen LogP contribution in [0.3, 0.4) is 0 Å². The van der Waals surface area contributed by atoms with Crippen molar-refractivity contribution in [3.05, 3.63) is 81.9 Å². The van der Waals surface area contributed by atoms with Gasteiger partial charge in [-0.3, -0.25) is 0 Å². The molecule has 0 N–H and O–H groups in total. The van der Waals surface area contributed by atoms with Gasteiger partial charge in [-0.15, -0.1) is 5.10 Å². The van der Waals surface area contributed by atoms with Crippen LogP contribution in [0.4, 0.5) is 0 Å². The Labute approximate surface area is 184 Å². The molecule has 0 bridgehead atoms. The summed E-state index contributed by atoms with van der Waals surface area (Å²) in [6.45, 7) is 6.26. The SMILES string of the molecule is CCOC(=O)c1ccc(-n2c(C)cc(/C=N\N=c3/sc4ccccc4n3C)c2C)cc1. The van der Waals surface area contributed by atoms with Crippen LogP contribution in [0.15, 0.2) is 64.8 Å². The molecule has 0 saturated carbocycles. The summed E-state index contributed by atoms with van der Waals surface area (Å²) in [4.78, 5) is 12.7. The number of aryl methyl sites for hydroxylation is 2. The predicted octanol–water partition coefficient (Wildman–Crippen LogP) is 4.76. The minimum atomic E-state index is -0.307. The van der Waals surface area contributed by atoms with Gasteiger partial charge in [-0.25, -0.2) is 4.79 Å². The number of aromatic nitrogens is 2. The summed E-state index contributed by atoms with van der Waals surface area (Å²) < 4.78 is 10.4. The molecule has 0 radical (unpaired) electrons. The van der Waals surface area contributed by atoms with Crippen molar-refractivity contribution >= 4 is 33.7 Å². The number of thiazole rings is 1. The molecule has 2 aromatic carbocycles. The molecule has 2 heterocycles. The van der Waals surface area contributed by atoms with Crippen molar-refractivity contribution in [3.63, 3.8) is 0 Å². The van der Waals surface area contributed by atoms with E-state index in [0.717, 1.165) is 33.0 Å². The molecule has 0 saturated heterocycles. The Morgan fingerprint density at radius 1 is 1.13 bits per heavy atom. The summed E-state index contributed by atoms with van der Waals surface area (Å²) in [5, 5.41) is 8.78. The number of rotatable bonds is 5. The number of nitrogens with zero attached hydrogens (tertiary/aromatic N) is 4. The summed E-state index contributed by atoms with van der Waals surface area (Å²) in [5.74, 6) is -0.307. The summed E-state index contributed by atoms with van der Waals surface area (Å²) in [6.07, 6.45) is 1.79. The van der Waals surface area contributed by atoms with Crippen molar-refractivity contribution in [1.29, 1.82) is 0 Å². The highest BCUT2D eigenvalue weighted by Crippen LogP contribution is 2.21. The van der Waals surface area contributed by atoms with Crippen molar-refractivity contribution in [2.45, 2.75) is 20.8 Å². The molecule has 0 aliphatic rings. The minimum Gasteiger partial charge on any atom is -0.462 e. The smallest absolute Gasteiger partial charge is 0.338 e. The van der Waals surface area contributed by atoms with E-state index in [-0.39, 0.29) is 5.97 Å². The van der Waals surface area contributed by atoms with Crippen molar-refractivity contribution < 1.29 is 9.53 Å². The van der Waals surface area contributed by atoms with Crippen LogP contribution in [-0.4, -0.2) is 27.9 Å². The lowest BCUT2D eigenvalue weighted by molar-refractivity contribution is 0.0526. The number of hydrogen-bond donors (Lipinski definition) is 0. The van der Waals surface area contributed by atoms with Gasteiger partial charge in [0.1, 0.15) is 0 Å². The third-order valence-electron chi connectivity index (χ3n) is 5.16. The highest BCUT2D eigenvalue weighted by atomic mass is 32.1. The summed E-state index contributed by atoms with van der Waals surface area (Å²) in [5.41, 5.74) is 5.81. The van der Waals surface area contributed by atoms with E-state index in [1.165, 1.54) is 4.70 Å². The zero-order valence-electron chi connectivity index (χ0n) is 18.0. The first-order valence-corrected chi connectivity index (χ1v) is 10.9.